The van der Waals surface area contributed by atoms with E-state index in [1.165, 1.54) is 0 Å². The normalized spacial score (nSPS) is 15.3. The van der Waals surface area contributed by atoms with Gasteiger partial charge in [-0.15, -0.1) is 0 Å². The number of nitrogens with one attached hydrogen (secondary N) is 1. The Bertz CT molecular complexity index is 1010. The summed E-state index contributed by atoms with van der Waals surface area (Å²) in [6.45, 7) is 2.74. The molecule has 1 aromatic heterocycles. The molecule has 1 saturated heterocycles. The summed E-state index contributed by atoms with van der Waals surface area (Å²) in [5.74, 6) is 0.982. The molecule has 1 N–H and O–H groups in total. The Morgan fingerprint density at radius 3 is 2.81 bits per heavy atom. The zero-order valence-electron chi connectivity index (χ0n) is 18.6. The molecule has 1 aliphatic rings. The van der Waals surface area contributed by atoms with E-state index in [0.29, 0.717) is 26.2 Å². The van der Waals surface area contributed by atoms with E-state index in [1.807, 2.05) is 29.0 Å². The Kier molecular flexibility index (Phi) is 7.22. The Labute approximate surface area is 189 Å². The molecule has 1 amide bonds. The van der Waals surface area contributed by atoms with E-state index in [2.05, 4.69) is 40.6 Å². The van der Waals surface area contributed by atoms with Crippen molar-refractivity contribution in [3.8, 4) is 16.9 Å². The van der Waals surface area contributed by atoms with Gasteiger partial charge in [0.15, 0.2) is 0 Å². The second-order valence-electron chi connectivity index (χ2n) is 8.38. The van der Waals surface area contributed by atoms with Crippen molar-refractivity contribution in [3.63, 3.8) is 0 Å². The van der Waals surface area contributed by atoms with Gasteiger partial charge in [-0.25, -0.2) is 4.98 Å². The summed E-state index contributed by atoms with van der Waals surface area (Å²) in [7, 11) is 1.69. The summed E-state index contributed by atoms with van der Waals surface area (Å²) in [5, 5.41) is 3.19. The lowest BCUT2D eigenvalue weighted by Gasteiger charge is -2.36. The fourth-order valence-corrected chi connectivity index (χ4v) is 4.44. The molecule has 1 fully saturated rings. The van der Waals surface area contributed by atoms with Gasteiger partial charge in [0, 0.05) is 44.3 Å². The zero-order chi connectivity index (χ0) is 22.2. The van der Waals surface area contributed by atoms with Gasteiger partial charge in [0.2, 0.25) is 5.91 Å². The van der Waals surface area contributed by atoms with Crippen molar-refractivity contribution in [2.24, 2.45) is 5.41 Å². The number of aromatic nitrogens is 2. The number of rotatable bonds is 9. The number of para-hydroxylation sites is 1. The number of carbonyl (C=O) groups is 1. The van der Waals surface area contributed by atoms with Crippen LogP contribution in [0.25, 0.3) is 11.1 Å². The minimum Gasteiger partial charge on any atom is -0.496 e. The smallest absolute Gasteiger partial charge is 0.226 e. The van der Waals surface area contributed by atoms with E-state index in [1.54, 1.807) is 19.6 Å². The molecular weight excluding hydrogens is 402 g/mol. The Morgan fingerprint density at radius 2 is 2.03 bits per heavy atom. The van der Waals surface area contributed by atoms with E-state index in [4.69, 9.17) is 9.47 Å². The molecule has 4 rings (SSSR count). The number of ether oxygens (including phenoxy) is 2. The highest BCUT2D eigenvalue weighted by Gasteiger charge is 2.39. The van der Waals surface area contributed by atoms with Crippen molar-refractivity contribution in [2.45, 2.75) is 32.2 Å². The molecule has 0 saturated carbocycles. The van der Waals surface area contributed by atoms with Crippen LogP contribution in [0, 0.1) is 5.41 Å². The minimum absolute atomic E-state index is 0.133. The topological polar surface area (TPSA) is 65.4 Å². The molecule has 6 heteroatoms. The molecule has 3 aromatic rings. The van der Waals surface area contributed by atoms with E-state index in [9.17, 15) is 4.79 Å². The summed E-state index contributed by atoms with van der Waals surface area (Å²) in [4.78, 5) is 17.4. The minimum atomic E-state index is -0.438. The Balaban J connectivity index is 1.47. The first-order valence-electron chi connectivity index (χ1n) is 11.2. The van der Waals surface area contributed by atoms with Gasteiger partial charge in [-0.1, -0.05) is 42.5 Å². The average molecular weight is 434 g/mol. The Morgan fingerprint density at radius 1 is 1.19 bits per heavy atom. The predicted octanol–water partition coefficient (Wildman–Crippen LogP) is 4.10. The molecule has 32 heavy (non-hydrogen) atoms. The first-order chi connectivity index (χ1) is 15.7. The third-order valence-corrected chi connectivity index (χ3v) is 6.26. The number of methoxy groups -OCH3 is 1. The highest BCUT2D eigenvalue weighted by atomic mass is 16.5. The molecule has 1 aliphatic heterocycles. The number of hydrogen-bond acceptors (Lipinski definition) is 4. The molecule has 6 nitrogen and oxygen atoms in total. The number of benzene rings is 2. The number of hydrogen-bond donors (Lipinski definition) is 1. The summed E-state index contributed by atoms with van der Waals surface area (Å²) >= 11 is 0. The number of aryl methyl sites for hydroxylation is 1. The fraction of sp³-hybridized carbons (Fsp3) is 0.385. The molecule has 168 valence electrons. The summed E-state index contributed by atoms with van der Waals surface area (Å²) in [5.41, 5.74) is 2.88. The van der Waals surface area contributed by atoms with Crippen molar-refractivity contribution < 1.29 is 14.3 Å². The number of carbonyl (C=O) groups excluding carboxylic acids is 1. The van der Waals surface area contributed by atoms with Crippen LogP contribution >= 0.6 is 0 Å². The van der Waals surface area contributed by atoms with Gasteiger partial charge >= 0.3 is 0 Å². The molecule has 0 aliphatic carbocycles. The maximum absolute atomic E-state index is 13.3. The molecule has 2 aromatic carbocycles. The van der Waals surface area contributed by atoms with Gasteiger partial charge in [-0.05, 0) is 42.9 Å². The highest BCUT2D eigenvalue weighted by Crippen LogP contribution is 2.36. The lowest BCUT2D eigenvalue weighted by atomic mass is 9.74. The Hall–Kier alpha value is -3.12. The lowest BCUT2D eigenvalue weighted by molar-refractivity contribution is -0.136. The van der Waals surface area contributed by atoms with Crippen molar-refractivity contribution in [2.75, 3.05) is 26.9 Å². The summed E-state index contributed by atoms with van der Waals surface area (Å²) in [6, 6.07) is 16.5. The van der Waals surface area contributed by atoms with Gasteiger partial charge < -0.3 is 19.4 Å². The molecule has 0 bridgehead atoms. The monoisotopic (exact) mass is 433 g/mol. The maximum Gasteiger partial charge on any atom is 0.226 e. The van der Waals surface area contributed by atoms with Crippen LogP contribution in [0.5, 0.6) is 5.75 Å². The molecular formula is C26H31N3O3. The summed E-state index contributed by atoms with van der Waals surface area (Å²) < 4.78 is 13.2. The number of imidazole rings is 1. The third-order valence-electron chi connectivity index (χ3n) is 6.26. The van der Waals surface area contributed by atoms with Crippen LogP contribution in [-0.4, -0.2) is 42.3 Å². The number of nitrogens with zero attached hydrogens (tertiary/aromatic N) is 2. The molecule has 0 spiro atoms. The largest absolute Gasteiger partial charge is 0.496 e. The van der Waals surface area contributed by atoms with E-state index in [0.717, 1.165) is 48.2 Å². The van der Waals surface area contributed by atoms with Crippen LogP contribution in [0.3, 0.4) is 0 Å². The van der Waals surface area contributed by atoms with Gasteiger partial charge in [0.1, 0.15) is 5.75 Å². The molecule has 0 atom stereocenters. The van der Waals surface area contributed by atoms with Crippen LogP contribution in [0.1, 0.15) is 24.8 Å². The van der Waals surface area contributed by atoms with Crippen LogP contribution in [0.2, 0.25) is 0 Å². The SMILES string of the molecule is COc1ccccc1-c1cccc(CC2(C(=O)NCCCn3ccnc3)CCOCC2)c1. The predicted molar refractivity (Wildman–Crippen MR) is 124 cm³/mol. The van der Waals surface area contributed by atoms with Gasteiger partial charge in [-0.3, -0.25) is 4.79 Å². The van der Waals surface area contributed by atoms with Gasteiger partial charge in [-0.2, -0.15) is 0 Å². The van der Waals surface area contributed by atoms with Crippen molar-refractivity contribution in [1.82, 2.24) is 14.9 Å². The van der Waals surface area contributed by atoms with E-state index < -0.39 is 5.41 Å². The second-order valence-corrected chi connectivity index (χ2v) is 8.38. The third kappa shape index (κ3) is 5.19. The van der Waals surface area contributed by atoms with Crippen LogP contribution in [0.15, 0.2) is 67.3 Å². The van der Waals surface area contributed by atoms with Gasteiger partial charge in [0.05, 0.1) is 18.9 Å². The fourth-order valence-electron chi connectivity index (χ4n) is 4.44. The first-order valence-corrected chi connectivity index (χ1v) is 11.2. The van der Waals surface area contributed by atoms with E-state index >= 15 is 0 Å². The van der Waals surface area contributed by atoms with Crippen molar-refractivity contribution in [3.05, 3.63) is 72.8 Å². The van der Waals surface area contributed by atoms with Crippen LogP contribution in [0.4, 0.5) is 0 Å². The van der Waals surface area contributed by atoms with Crippen molar-refractivity contribution in [1.29, 1.82) is 0 Å². The standard InChI is InChI=1S/C26H31N3O3/c1-31-24-9-3-2-8-23(24)22-7-4-6-21(18-22)19-26(10-16-32-17-11-26)25(30)28-12-5-14-29-15-13-27-20-29/h2-4,6-9,13,15,18,20H,5,10-12,14,16-17,19H2,1H3,(H,28,30). The first kappa shape index (κ1) is 22.1. The zero-order valence-corrected chi connectivity index (χ0v) is 18.6. The van der Waals surface area contributed by atoms with Gasteiger partial charge in [0.25, 0.3) is 0 Å². The van der Waals surface area contributed by atoms with E-state index in [-0.39, 0.29) is 5.91 Å². The molecule has 2 heterocycles. The van der Waals surface area contributed by atoms with Crippen molar-refractivity contribution >= 4 is 5.91 Å². The molecule has 0 radical (unpaired) electrons. The highest BCUT2D eigenvalue weighted by molar-refractivity contribution is 5.83. The quantitative estimate of drug-likeness (QED) is 0.516. The average Bonchev–Trinajstić information content (AvgIpc) is 3.36. The molecule has 0 unspecified atom stereocenters. The second kappa shape index (κ2) is 10.5. The summed E-state index contributed by atoms with van der Waals surface area (Å²) in [6.07, 6.45) is 8.56. The number of amides is 1. The van der Waals surface area contributed by atoms with Crippen LogP contribution < -0.4 is 10.1 Å². The lowest BCUT2D eigenvalue weighted by Crippen LogP contribution is -2.46. The van der Waals surface area contributed by atoms with Crippen LogP contribution in [-0.2, 0) is 22.5 Å². The maximum atomic E-state index is 13.3.